The zero-order valence-corrected chi connectivity index (χ0v) is 24.2. The smallest absolute Gasteiger partial charge is 0.0944 e. The Labute approximate surface area is 211 Å². The first-order valence-electron chi connectivity index (χ1n) is 14.4. The molecule has 0 bridgehead atoms. The molecule has 33 heavy (non-hydrogen) atoms. The maximum absolute atomic E-state index is 5.03. The average Bonchev–Trinajstić information content (AvgIpc) is 3.13. The molecule has 3 nitrogen and oxygen atoms in total. The van der Waals surface area contributed by atoms with E-state index in [1.807, 2.05) is 6.08 Å². The molecule has 0 aromatic heterocycles. The number of allylic oxidation sites excluding steroid dienone is 1. The van der Waals surface area contributed by atoms with Crippen molar-refractivity contribution in [3.63, 3.8) is 0 Å². The minimum absolute atomic E-state index is 0.296. The van der Waals surface area contributed by atoms with E-state index in [2.05, 4.69) is 71.8 Å². The van der Waals surface area contributed by atoms with Gasteiger partial charge in [0, 0.05) is 13.1 Å². The zero-order chi connectivity index (χ0) is 25.8. The highest BCUT2D eigenvalue weighted by molar-refractivity contribution is 5.10. The predicted octanol–water partition coefficient (Wildman–Crippen LogP) is 9.20. The van der Waals surface area contributed by atoms with Crippen LogP contribution in [0, 0.1) is 0 Å². The molecule has 3 N–H and O–H groups in total. The Morgan fingerprint density at radius 2 is 1.30 bits per heavy atom. The van der Waals surface area contributed by atoms with Gasteiger partial charge in [-0.1, -0.05) is 119 Å². The van der Waals surface area contributed by atoms with E-state index in [9.17, 15) is 0 Å². The van der Waals surface area contributed by atoms with Crippen molar-refractivity contribution in [1.29, 1.82) is 0 Å². The van der Waals surface area contributed by atoms with Gasteiger partial charge in [0.15, 0.2) is 0 Å². The van der Waals surface area contributed by atoms with Crippen LogP contribution >= 0.6 is 0 Å². The minimum atomic E-state index is 0.296. The van der Waals surface area contributed by atoms with Crippen molar-refractivity contribution >= 4 is 0 Å². The molecular weight excluding hydrogens is 402 g/mol. The van der Waals surface area contributed by atoms with Gasteiger partial charge in [-0.25, -0.2) is 0 Å². The summed E-state index contributed by atoms with van der Waals surface area (Å²) in [6, 6.07) is 0. The summed E-state index contributed by atoms with van der Waals surface area (Å²) < 4.78 is 0. The molecule has 0 aromatic rings. The molecule has 1 aliphatic rings. The fourth-order valence-corrected chi connectivity index (χ4v) is 3.66. The summed E-state index contributed by atoms with van der Waals surface area (Å²) in [5, 5.41) is 3.75. The van der Waals surface area contributed by atoms with Gasteiger partial charge in [0.2, 0.25) is 0 Å². The second kappa shape index (κ2) is 29.1. The highest BCUT2D eigenvalue weighted by atomic mass is 15.3. The molecule has 0 unspecified atom stereocenters. The number of nitrogens with two attached hydrogens (primary N) is 1. The topological polar surface area (TPSA) is 41.3 Å². The molecule has 0 aromatic carbocycles. The van der Waals surface area contributed by atoms with Gasteiger partial charge in [-0.15, -0.1) is 6.58 Å². The number of hydrogen-bond donors (Lipinski definition) is 2. The lowest BCUT2D eigenvalue weighted by Gasteiger charge is -2.29. The summed E-state index contributed by atoms with van der Waals surface area (Å²) in [6.07, 6.45) is 21.2. The Kier molecular flexibility index (Phi) is 32.2. The Hall–Kier alpha value is -0.960. The summed E-state index contributed by atoms with van der Waals surface area (Å²) in [4.78, 5) is 2.49. The maximum Gasteiger partial charge on any atom is 0.0944 e. The van der Waals surface area contributed by atoms with Crippen molar-refractivity contribution < 1.29 is 0 Å². The van der Waals surface area contributed by atoms with Crippen LogP contribution < -0.4 is 11.1 Å². The van der Waals surface area contributed by atoms with Crippen LogP contribution in [0.2, 0.25) is 0 Å². The zero-order valence-electron chi connectivity index (χ0n) is 24.2. The molecule has 3 heteroatoms. The lowest BCUT2D eigenvalue weighted by atomic mass is 9.88. The van der Waals surface area contributed by atoms with Crippen LogP contribution in [0.4, 0.5) is 0 Å². The number of nitrogens with zero attached hydrogens (tertiary/aromatic N) is 1. The van der Waals surface area contributed by atoms with E-state index in [1.165, 1.54) is 83.5 Å². The molecule has 1 saturated heterocycles. The van der Waals surface area contributed by atoms with Crippen molar-refractivity contribution in [3.8, 4) is 0 Å². The Morgan fingerprint density at radius 1 is 0.818 bits per heavy atom. The number of unbranched alkanes of at least 4 members (excludes halogenated alkanes) is 7. The molecule has 1 aliphatic heterocycles. The molecule has 200 valence electrons. The molecule has 0 atom stereocenters. The van der Waals surface area contributed by atoms with Crippen LogP contribution in [0.25, 0.3) is 0 Å². The van der Waals surface area contributed by atoms with Gasteiger partial charge >= 0.3 is 0 Å². The molecular formula is C30H65N3. The van der Waals surface area contributed by atoms with Crippen molar-refractivity contribution in [2.75, 3.05) is 19.6 Å². The average molecular weight is 468 g/mol. The highest BCUT2D eigenvalue weighted by Crippen LogP contribution is 2.30. The van der Waals surface area contributed by atoms with E-state index in [1.54, 1.807) is 0 Å². The first kappa shape index (κ1) is 36.6. The molecule has 0 radical (unpaired) electrons. The molecule has 1 rings (SSSR count). The Morgan fingerprint density at radius 3 is 1.67 bits per heavy atom. The number of nitrogens with one attached hydrogen (secondary N) is 1. The summed E-state index contributed by atoms with van der Waals surface area (Å²) in [5.74, 6) is 1.16. The quantitative estimate of drug-likeness (QED) is 0.186. The van der Waals surface area contributed by atoms with Crippen LogP contribution in [-0.4, -0.2) is 30.1 Å². The molecule has 0 aliphatic carbocycles. The first-order chi connectivity index (χ1) is 15.9. The third-order valence-electron chi connectivity index (χ3n) is 5.63. The van der Waals surface area contributed by atoms with Crippen LogP contribution in [0.3, 0.4) is 0 Å². The van der Waals surface area contributed by atoms with Crippen LogP contribution in [0.1, 0.15) is 145 Å². The predicted molar refractivity (Wildman–Crippen MR) is 155 cm³/mol. The van der Waals surface area contributed by atoms with E-state index in [0.717, 1.165) is 38.3 Å². The van der Waals surface area contributed by atoms with Crippen LogP contribution in [-0.2, 0) is 0 Å². The summed E-state index contributed by atoms with van der Waals surface area (Å²) in [7, 11) is 0. The standard InChI is InChI=1S/C19H36N2.C5H12.C3H9N.C3H8/c1-5-8-11-12-13-16-21-17-19(14-9-6-2,15-10-7-3)20-18(21)4;1-3-5-4-2;1-2-3-4;1-3-2/h5,20H,1,4,6-17H2,2-3H3;3-5H2,1-2H3;2-4H2,1H3;3H2,1-2H3. The highest BCUT2D eigenvalue weighted by Gasteiger charge is 2.37. The second-order valence-corrected chi connectivity index (χ2v) is 9.47. The van der Waals surface area contributed by atoms with Gasteiger partial charge in [0.1, 0.15) is 0 Å². The Balaban J connectivity index is -0.000000619. The van der Waals surface area contributed by atoms with Gasteiger partial charge in [-0.3, -0.25) is 0 Å². The largest absolute Gasteiger partial charge is 0.365 e. The second-order valence-electron chi connectivity index (χ2n) is 9.47. The normalized spacial score (nSPS) is 13.6. The molecule has 1 fully saturated rings. The Bertz CT molecular complexity index is 380. The van der Waals surface area contributed by atoms with Gasteiger partial charge < -0.3 is 16.0 Å². The first-order valence-corrected chi connectivity index (χ1v) is 14.4. The van der Waals surface area contributed by atoms with Crippen molar-refractivity contribution in [1.82, 2.24) is 10.2 Å². The lowest BCUT2D eigenvalue weighted by Crippen LogP contribution is -2.42. The molecule has 0 spiro atoms. The number of rotatable bonds is 15. The monoisotopic (exact) mass is 468 g/mol. The molecule has 1 heterocycles. The lowest BCUT2D eigenvalue weighted by molar-refractivity contribution is 0.281. The van der Waals surface area contributed by atoms with Crippen LogP contribution in [0.5, 0.6) is 0 Å². The SMILES string of the molecule is C=CCCCCCN1CC(CCCC)(CCCC)NC1=C.CCC.CCCCC.CCCN. The maximum atomic E-state index is 5.03. The molecule has 0 saturated carbocycles. The fourth-order valence-electron chi connectivity index (χ4n) is 3.66. The van der Waals surface area contributed by atoms with Crippen molar-refractivity contribution in [2.24, 2.45) is 5.73 Å². The summed E-state index contributed by atoms with van der Waals surface area (Å²) in [6.45, 7) is 26.5. The van der Waals surface area contributed by atoms with E-state index >= 15 is 0 Å². The fraction of sp³-hybridized carbons (Fsp3) is 0.867. The molecule has 0 amide bonds. The number of hydrogen-bond acceptors (Lipinski definition) is 3. The minimum Gasteiger partial charge on any atom is -0.365 e. The summed E-state index contributed by atoms with van der Waals surface area (Å²) >= 11 is 0. The van der Waals surface area contributed by atoms with E-state index in [4.69, 9.17) is 5.73 Å². The summed E-state index contributed by atoms with van der Waals surface area (Å²) in [5.41, 5.74) is 5.32. The van der Waals surface area contributed by atoms with E-state index in [0.29, 0.717) is 5.54 Å². The van der Waals surface area contributed by atoms with Gasteiger partial charge in [-0.2, -0.15) is 0 Å². The van der Waals surface area contributed by atoms with Gasteiger partial charge in [-0.05, 0) is 45.1 Å². The van der Waals surface area contributed by atoms with Gasteiger partial charge in [0.05, 0.1) is 11.4 Å². The van der Waals surface area contributed by atoms with Gasteiger partial charge in [0.25, 0.3) is 0 Å². The van der Waals surface area contributed by atoms with E-state index in [-0.39, 0.29) is 0 Å². The van der Waals surface area contributed by atoms with Crippen LogP contribution in [0.15, 0.2) is 25.1 Å². The van der Waals surface area contributed by atoms with Crippen molar-refractivity contribution in [3.05, 3.63) is 25.1 Å². The third-order valence-corrected chi connectivity index (χ3v) is 5.63. The van der Waals surface area contributed by atoms with Crippen molar-refractivity contribution in [2.45, 2.75) is 150 Å². The van der Waals surface area contributed by atoms with E-state index < -0.39 is 0 Å². The third kappa shape index (κ3) is 24.0.